The maximum atomic E-state index is 12.8. The van der Waals surface area contributed by atoms with Gasteiger partial charge in [-0.15, -0.1) is 0 Å². The summed E-state index contributed by atoms with van der Waals surface area (Å²) < 4.78 is 26.5. The zero-order chi connectivity index (χ0) is 11.0. The Morgan fingerprint density at radius 3 is 2.60 bits per heavy atom. The van der Waals surface area contributed by atoms with E-state index in [1.54, 1.807) is 31.2 Å². The molecule has 0 aliphatic rings. The highest BCUT2D eigenvalue weighted by Gasteiger charge is 2.19. The molecule has 0 aliphatic heterocycles. The Morgan fingerprint density at radius 1 is 1.33 bits per heavy atom. The van der Waals surface area contributed by atoms with Crippen LogP contribution in [0.25, 0.3) is 11.0 Å². The van der Waals surface area contributed by atoms with E-state index in [4.69, 9.17) is 5.73 Å². The molecular weight excluding hydrogens is 200 g/mol. The molecule has 5 heteroatoms. The van der Waals surface area contributed by atoms with Crippen LogP contribution in [0.15, 0.2) is 24.3 Å². The third-order valence-electron chi connectivity index (χ3n) is 2.23. The second kappa shape index (κ2) is 3.58. The van der Waals surface area contributed by atoms with Gasteiger partial charge in [0.05, 0.1) is 17.1 Å². The van der Waals surface area contributed by atoms with E-state index in [1.807, 2.05) is 0 Å². The van der Waals surface area contributed by atoms with Gasteiger partial charge in [0, 0.05) is 0 Å². The quantitative estimate of drug-likeness (QED) is 0.829. The summed E-state index contributed by atoms with van der Waals surface area (Å²) in [5, 5.41) is 0. The van der Waals surface area contributed by atoms with E-state index in [-0.39, 0.29) is 5.82 Å². The molecular formula is C10H11F2N3. The van der Waals surface area contributed by atoms with Gasteiger partial charge in [-0.05, 0) is 19.1 Å². The van der Waals surface area contributed by atoms with Crippen molar-refractivity contribution < 1.29 is 8.78 Å². The second-order valence-electron chi connectivity index (χ2n) is 3.40. The van der Waals surface area contributed by atoms with E-state index in [2.05, 4.69) is 4.98 Å². The molecule has 1 aromatic heterocycles. The molecule has 2 N–H and O–H groups in total. The van der Waals surface area contributed by atoms with E-state index in [9.17, 15) is 8.78 Å². The molecule has 2 aromatic rings. The highest BCUT2D eigenvalue weighted by atomic mass is 19.3. The van der Waals surface area contributed by atoms with Gasteiger partial charge >= 0.3 is 6.55 Å². The molecule has 0 radical (unpaired) electrons. The molecule has 3 nitrogen and oxygen atoms in total. The number of fused-ring (bicyclic) bond motifs is 1. The smallest absolute Gasteiger partial charge is 0.320 e. The molecule has 0 amide bonds. The largest absolute Gasteiger partial charge is 0.322 e. The minimum Gasteiger partial charge on any atom is -0.322 e. The number of imidazole rings is 1. The second-order valence-corrected chi connectivity index (χ2v) is 3.40. The molecule has 0 saturated carbocycles. The van der Waals surface area contributed by atoms with E-state index >= 15 is 0 Å². The van der Waals surface area contributed by atoms with E-state index in [0.29, 0.717) is 11.0 Å². The van der Waals surface area contributed by atoms with Crippen molar-refractivity contribution in [2.75, 3.05) is 0 Å². The summed E-state index contributed by atoms with van der Waals surface area (Å²) in [4.78, 5) is 4.09. The van der Waals surface area contributed by atoms with Crippen molar-refractivity contribution in [3.05, 3.63) is 30.1 Å². The third kappa shape index (κ3) is 1.59. The summed E-state index contributed by atoms with van der Waals surface area (Å²) in [6.07, 6.45) is 0. The fourth-order valence-electron chi connectivity index (χ4n) is 1.59. The monoisotopic (exact) mass is 211 g/mol. The van der Waals surface area contributed by atoms with Crippen molar-refractivity contribution in [1.29, 1.82) is 0 Å². The molecule has 0 spiro atoms. The number of hydrogen-bond acceptors (Lipinski definition) is 2. The first-order valence-corrected chi connectivity index (χ1v) is 4.62. The van der Waals surface area contributed by atoms with Crippen molar-refractivity contribution in [3.63, 3.8) is 0 Å². The number of hydrogen-bond donors (Lipinski definition) is 1. The van der Waals surface area contributed by atoms with Crippen LogP contribution in [0.3, 0.4) is 0 Å². The number of para-hydroxylation sites is 2. The molecule has 15 heavy (non-hydrogen) atoms. The summed E-state index contributed by atoms with van der Waals surface area (Å²) in [6.45, 7) is -0.974. The maximum absolute atomic E-state index is 12.8. The molecule has 1 atom stereocenters. The van der Waals surface area contributed by atoms with Crippen LogP contribution < -0.4 is 5.73 Å². The van der Waals surface area contributed by atoms with E-state index in [0.717, 1.165) is 4.57 Å². The van der Waals surface area contributed by atoms with E-state index < -0.39 is 12.6 Å². The van der Waals surface area contributed by atoms with Gasteiger partial charge in [-0.1, -0.05) is 12.1 Å². The Kier molecular flexibility index (Phi) is 2.40. The van der Waals surface area contributed by atoms with Gasteiger partial charge in [-0.3, -0.25) is 4.57 Å². The van der Waals surface area contributed by atoms with Crippen LogP contribution in [0.1, 0.15) is 25.3 Å². The van der Waals surface area contributed by atoms with Gasteiger partial charge in [0.1, 0.15) is 5.82 Å². The van der Waals surface area contributed by atoms with Gasteiger partial charge < -0.3 is 5.73 Å². The minimum atomic E-state index is -2.61. The van der Waals surface area contributed by atoms with Crippen molar-refractivity contribution in [1.82, 2.24) is 9.55 Å². The first-order valence-electron chi connectivity index (χ1n) is 4.62. The Balaban J connectivity index is 2.75. The lowest BCUT2D eigenvalue weighted by atomic mass is 10.3. The number of halogens is 2. The van der Waals surface area contributed by atoms with Gasteiger partial charge in [-0.2, -0.15) is 8.78 Å². The summed E-state index contributed by atoms with van der Waals surface area (Å²) in [5.41, 5.74) is 6.56. The average Bonchev–Trinajstić information content (AvgIpc) is 2.56. The Bertz CT molecular complexity index is 476. The fraction of sp³-hybridized carbons (Fsp3) is 0.300. The zero-order valence-corrected chi connectivity index (χ0v) is 8.19. The molecule has 0 aliphatic carbocycles. The molecule has 0 fully saturated rings. The summed E-state index contributed by atoms with van der Waals surface area (Å²) >= 11 is 0. The van der Waals surface area contributed by atoms with Crippen LogP contribution in [0, 0.1) is 0 Å². The van der Waals surface area contributed by atoms with Crippen LogP contribution in [0.4, 0.5) is 8.78 Å². The predicted octanol–water partition coefficient (Wildman–Crippen LogP) is 2.45. The zero-order valence-electron chi connectivity index (χ0n) is 8.19. The first kappa shape index (κ1) is 10.0. The Morgan fingerprint density at radius 2 is 2.00 bits per heavy atom. The molecule has 2 rings (SSSR count). The van der Waals surface area contributed by atoms with Gasteiger partial charge in [-0.25, -0.2) is 4.98 Å². The van der Waals surface area contributed by atoms with Crippen LogP contribution in [0.2, 0.25) is 0 Å². The standard InChI is InChI=1S/C10H11F2N3/c1-6(13)9-14-7-4-2-3-5-8(7)15(9)10(11)12/h2-6,10H,13H2,1H3. The molecule has 0 saturated heterocycles. The van der Waals surface area contributed by atoms with Crippen LogP contribution in [0.5, 0.6) is 0 Å². The number of benzene rings is 1. The highest BCUT2D eigenvalue weighted by Crippen LogP contribution is 2.25. The number of aromatic nitrogens is 2. The van der Waals surface area contributed by atoms with Gasteiger partial charge in [0.15, 0.2) is 0 Å². The summed E-state index contributed by atoms with van der Waals surface area (Å²) in [6, 6.07) is 6.26. The van der Waals surface area contributed by atoms with Crippen molar-refractivity contribution >= 4 is 11.0 Å². The average molecular weight is 211 g/mol. The minimum absolute atomic E-state index is 0.214. The molecule has 80 valence electrons. The van der Waals surface area contributed by atoms with Crippen LogP contribution in [-0.4, -0.2) is 9.55 Å². The SMILES string of the molecule is CC(N)c1nc2ccccc2n1C(F)F. The van der Waals surface area contributed by atoms with Crippen molar-refractivity contribution in [2.45, 2.75) is 19.5 Å². The fourth-order valence-corrected chi connectivity index (χ4v) is 1.59. The Labute approximate surface area is 85.5 Å². The third-order valence-corrected chi connectivity index (χ3v) is 2.23. The predicted molar refractivity (Wildman–Crippen MR) is 53.6 cm³/mol. The lowest BCUT2D eigenvalue weighted by Crippen LogP contribution is -2.14. The van der Waals surface area contributed by atoms with Crippen LogP contribution in [-0.2, 0) is 0 Å². The topological polar surface area (TPSA) is 43.8 Å². The number of nitrogens with two attached hydrogens (primary N) is 1. The van der Waals surface area contributed by atoms with Crippen molar-refractivity contribution in [3.8, 4) is 0 Å². The highest BCUT2D eigenvalue weighted by molar-refractivity contribution is 5.76. The van der Waals surface area contributed by atoms with Gasteiger partial charge in [0.25, 0.3) is 0 Å². The maximum Gasteiger partial charge on any atom is 0.320 e. The molecule has 1 aromatic carbocycles. The number of alkyl halides is 2. The first-order chi connectivity index (χ1) is 7.11. The van der Waals surface area contributed by atoms with Gasteiger partial charge in [0.2, 0.25) is 0 Å². The number of rotatable bonds is 2. The Hall–Kier alpha value is -1.49. The summed E-state index contributed by atoms with van der Waals surface area (Å²) in [5.74, 6) is 0.214. The normalized spacial score (nSPS) is 13.7. The molecule has 1 unspecified atom stereocenters. The lowest BCUT2D eigenvalue weighted by Gasteiger charge is -2.09. The van der Waals surface area contributed by atoms with E-state index in [1.165, 1.54) is 0 Å². The molecule has 0 bridgehead atoms. The number of nitrogens with zero attached hydrogens (tertiary/aromatic N) is 2. The molecule has 1 heterocycles. The van der Waals surface area contributed by atoms with Crippen LogP contribution >= 0.6 is 0 Å². The van der Waals surface area contributed by atoms with Crippen molar-refractivity contribution in [2.24, 2.45) is 5.73 Å². The lowest BCUT2D eigenvalue weighted by molar-refractivity contribution is 0.0705. The summed E-state index contributed by atoms with van der Waals surface area (Å²) in [7, 11) is 0.